The number of aliphatic hydroxyl groups excluding tert-OH is 1. The molecule has 0 unspecified atom stereocenters. The zero-order chi connectivity index (χ0) is 9.90. The second-order valence-electron chi connectivity index (χ2n) is 3.91. The van der Waals surface area contributed by atoms with Gasteiger partial charge in [0.1, 0.15) is 11.5 Å². The molecular weight excluding hydrogens is 166 g/mol. The molecule has 0 spiro atoms. The molecule has 74 valence electrons. The highest BCUT2D eigenvalue weighted by atomic mass is 16.3. The van der Waals surface area contributed by atoms with Crippen LogP contribution in [-0.4, -0.2) is 17.3 Å². The van der Waals surface area contributed by atoms with Crippen molar-refractivity contribution < 1.29 is 9.52 Å². The van der Waals surface area contributed by atoms with E-state index < -0.39 is 0 Å². The second-order valence-corrected chi connectivity index (χ2v) is 3.91. The van der Waals surface area contributed by atoms with Crippen LogP contribution in [-0.2, 0) is 6.54 Å². The zero-order valence-electron chi connectivity index (χ0n) is 8.42. The number of nitrogens with one attached hydrogen (secondary N) is 1. The third-order valence-corrected chi connectivity index (χ3v) is 1.93. The van der Waals surface area contributed by atoms with Gasteiger partial charge in [0, 0.05) is 5.54 Å². The van der Waals surface area contributed by atoms with Gasteiger partial charge in [-0.2, -0.15) is 0 Å². The lowest BCUT2D eigenvalue weighted by molar-refractivity contribution is 0.184. The molecule has 1 rings (SSSR count). The van der Waals surface area contributed by atoms with Gasteiger partial charge in [0.05, 0.1) is 13.2 Å². The number of aryl methyl sites for hydroxylation is 1. The maximum absolute atomic E-state index is 8.98. The molecule has 0 fully saturated rings. The van der Waals surface area contributed by atoms with Crippen LogP contribution in [0.5, 0.6) is 0 Å². The maximum atomic E-state index is 8.98. The lowest BCUT2D eigenvalue weighted by atomic mass is 10.1. The van der Waals surface area contributed by atoms with Gasteiger partial charge >= 0.3 is 0 Å². The van der Waals surface area contributed by atoms with Crippen LogP contribution < -0.4 is 5.32 Å². The summed E-state index contributed by atoms with van der Waals surface area (Å²) in [7, 11) is 0. The van der Waals surface area contributed by atoms with Crippen molar-refractivity contribution in [2.75, 3.05) is 6.61 Å². The predicted octanol–water partition coefficient (Wildman–Crippen LogP) is 1.45. The number of aliphatic hydroxyl groups is 1. The molecule has 13 heavy (non-hydrogen) atoms. The van der Waals surface area contributed by atoms with Gasteiger partial charge in [0.25, 0.3) is 0 Å². The summed E-state index contributed by atoms with van der Waals surface area (Å²) in [6, 6.07) is 3.87. The van der Waals surface area contributed by atoms with Gasteiger partial charge < -0.3 is 14.8 Å². The van der Waals surface area contributed by atoms with Crippen molar-refractivity contribution in [3.05, 3.63) is 23.7 Å². The van der Waals surface area contributed by atoms with Crippen molar-refractivity contribution in [2.45, 2.75) is 32.9 Å². The van der Waals surface area contributed by atoms with Gasteiger partial charge in [0.2, 0.25) is 0 Å². The normalized spacial score (nSPS) is 12.0. The Labute approximate surface area is 78.8 Å². The Bertz CT molecular complexity index is 266. The van der Waals surface area contributed by atoms with Gasteiger partial charge in [-0.1, -0.05) is 0 Å². The van der Waals surface area contributed by atoms with Crippen molar-refractivity contribution in [2.24, 2.45) is 0 Å². The highest BCUT2D eigenvalue weighted by Gasteiger charge is 2.15. The van der Waals surface area contributed by atoms with E-state index in [1.807, 2.05) is 32.9 Å². The van der Waals surface area contributed by atoms with Gasteiger partial charge in [-0.3, -0.25) is 0 Å². The molecule has 1 aromatic heterocycles. The van der Waals surface area contributed by atoms with E-state index in [9.17, 15) is 0 Å². The third kappa shape index (κ3) is 3.20. The van der Waals surface area contributed by atoms with E-state index in [2.05, 4.69) is 5.32 Å². The fourth-order valence-electron chi connectivity index (χ4n) is 0.962. The minimum absolute atomic E-state index is 0.118. The Morgan fingerprint density at radius 3 is 2.62 bits per heavy atom. The van der Waals surface area contributed by atoms with Gasteiger partial charge in [-0.25, -0.2) is 0 Å². The van der Waals surface area contributed by atoms with E-state index in [-0.39, 0.29) is 12.1 Å². The molecule has 3 nitrogen and oxygen atoms in total. The Morgan fingerprint density at radius 1 is 1.46 bits per heavy atom. The van der Waals surface area contributed by atoms with Gasteiger partial charge in [0.15, 0.2) is 0 Å². The summed E-state index contributed by atoms with van der Waals surface area (Å²) >= 11 is 0. The fourth-order valence-corrected chi connectivity index (χ4v) is 0.962. The minimum Gasteiger partial charge on any atom is -0.465 e. The number of rotatable bonds is 4. The first-order chi connectivity index (χ1) is 6.03. The Balaban J connectivity index is 2.43. The molecule has 3 heteroatoms. The molecule has 0 atom stereocenters. The Morgan fingerprint density at radius 2 is 2.15 bits per heavy atom. The summed E-state index contributed by atoms with van der Waals surface area (Å²) in [5, 5.41) is 12.2. The zero-order valence-corrected chi connectivity index (χ0v) is 8.42. The van der Waals surface area contributed by atoms with E-state index in [1.165, 1.54) is 0 Å². The van der Waals surface area contributed by atoms with Gasteiger partial charge in [-0.05, 0) is 32.9 Å². The lowest BCUT2D eigenvalue weighted by Crippen LogP contribution is -2.41. The van der Waals surface area contributed by atoms with Crippen LogP contribution in [0.1, 0.15) is 25.4 Å². The Hall–Kier alpha value is -0.800. The van der Waals surface area contributed by atoms with E-state index in [0.29, 0.717) is 6.54 Å². The van der Waals surface area contributed by atoms with Crippen molar-refractivity contribution >= 4 is 0 Å². The van der Waals surface area contributed by atoms with Crippen molar-refractivity contribution in [1.82, 2.24) is 5.32 Å². The predicted molar refractivity (Wildman–Crippen MR) is 51.4 cm³/mol. The molecule has 0 bridgehead atoms. The van der Waals surface area contributed by atoms with Crippen LogP contribution in [0.25, 0.3) is 0 Å². The Kier molecular flexibility index (Phi) is 3.12. The molecule has 0 aromatic carbocycles. The second kappa shape index (κ2) is 3.94. The SMILES string of the molecule is Cc1ccc(CNC(C)(C)CO)o1. The maximum Gasteiger partial charge on any atom is 0.117 e. The quantitative estimate of drug-likeness (QED) is 0.742. The summed E-state index contributed by atoms with van der Waals surface area (Å²) in [6.07, 6.45) is 0. The summed E-state index contributed by atoms with van der Waals surface area (Å²) < 4.78 is 5.38. The molecule has 0 radical (unpaired) electrons. The summed E-state index contributed by atoms with van der Waals surface area (Å²) in [6.45, 7) is 6.58. The molecule has 1 heterocycles. The fraction of sp³-hybridized carbons (Fsp3) is 0.600. The largest absolute Gasteiger partial charge is 0.465 e. The molecule has 2 N–H and O–H groups in total. The third-order valence-electron chi connectivity index (χ3n) is 1.93. The van der Waals surface area contributed by atoms with Crippen LogP contribution in [0, 0.1) is 6.92 Å². The average Bonchev–Trinajstić information content (AvgIpc) is 2.48. The van der Waals surface area contributed by atoms with Crippen molar-refractivity contribution in [3.63, 3.8) is 0 Å². The van der Waals surface area contributed by atoms with Crippen LogP contribution in [0.4, 0.5) is 0 Å². The first-order valence-corrected chi connectivity index (χ1v) is 4.45. The number of furan rings is 1. The standard InChI is InChI=1S/C10H17NO2/c1-8-4-5-9(13-8)6-11-10(2,3)7-12/h4-5,11-12H,6-7H2,1-3H3. The first kappa shape index (κ1) is 10.3. The molecular formula is C10H17NO2. The molecule has 0 aliphatic rings. The topological polar surface area (TPSA) is 45.4 Å². The molecule has 0 aliphatic carbocycles. The molecule has 0 saturated heterocycles. The van der Waals surface area contributed by atoms with Crippen LogP contribution >= 0.6 is 0 Å². The summed E-state index contributed by atoms with van der Waals surface area (Å²) in [5.41, 5.74) is -0.249. The number of hydrogen-bond acceptors (Lipinski definition) is 3. The minimum atomic E-state index is -0.249. The van der Waals surface area contributed by atoms with Crippen molar-refractivity contribution in [1.29, 1.82) is 0 Å². The van der Waals surface area contributed by atoms with Gasteiger partial charge in [-0.15, -0.1) is 0 Å². The highest BCUT2D eigenvalue weighted by molar-refractivity contribution is 5.05. The molecule has 1 aromatic rings. The summed E-state index contributed by atoms with van der Waals surface area (Å²) in [4.78, 5) is 0. The van der Waals surface area contributed by atoms with Crippen molar-refractivity contribution in [3.8, 4) is 0 Å². The number of hydrogen-bond donors (Lipinski definition) is 2. The van der Waals surface area contributed by atoms with Crippen LogP contribution in [0.15, 0.2) is 16.5 Å². The first-order valence-electron chi connectivity index (χ1n) is 4.45. The molecule has 0 amide bonds. The van der Waals surface area contributed by atoms with E-state index in [0.717, 1.165) is 11.5 Å². The van der Waals surface area contributed by atoms with E-state index in [1.54, 1.807) is 0 Å². The van der Waals surface area contributed by atoms with Crippen LogP contribution in [0.3, 0.4) is 0 Å². The van der Waals surface area contributed by atoms with E-state index in [4.69, 9.17) is 9.52 Å². The monoisotopic (exact) mass is 183 g/mol. The molecule has 0 aliphatic heterocycles. The van der Waals surface area contributed by atoms with E-state index >= 15 is 0 Å². The lowest BCUT2D eigenvalue weighted by Gasteiger charge is -2.22. The smallest absolute Gasteiger partial charge is 0.117 e. The molecule has 0 saturated carbocycles. The van der Waals surface area contributed by atoms with Crippen LogP contribution in [0.2, 0.25) is 0 Å². The highest BCUT2D eigenvalue weighted by Crippen LogP contribution is 2.08. The average molecular weight is 183 g/mol. The summed E-state index contributed by atoms with van der Waals surface area (Å²) in [5.74, 6) is 1.82.